The van der Waals surface area contributed by atoms with Gasteiger partial charge in [-0.2, -0.15) is 0 Å². The van der Waals surface area contributed by atoms with E-state index in [1.807, 2.05) is 0 Å². The molecule has 2 N–H and O–H groups in total. The summed E-state index contributed by atoms with van der Waals surface area (Å²) in [7, 11) is -10.3. The summed E-state index contributed by atoms with van der Waals surface area (Å²) >= 11 is 0. The van der Waals surface area contributed by atoms with Gasteiger partial charge in [-0.1, -0.05) is 0 Å². The molecule has 3 aromatic rings. The summed E-state index contributed by atoms with van der Waals surface area (Å²) in [5.74, 6) is -1.67. The number of rotatable bonds is 5. The number of carbonyl (C=O) groups excluding carboxylic acids is 1. The zero-order chi connectivity index (χ0) is 24.0. The molecule has 0 atom stereocenters. The minimum atomic E-state index is -5.16. The number of phenolic OH excluding ortho intramolecular Hbond substituents is 1. The van der Waals surface area contributed by atoms with Crippen LogP contribution in [0, 0.1) is 17.0 Å². The van der Waals surface area contributed by atoms with Gasteiger partial charge in [-0.25, -0.2) is 16.8 Å². The monoisotopic (exact) mass is 526 g/mol. The van der Waals surface area contributed by atoms with E-state index in [1.165, 1.54) is 13.0 Å². The zero-order valence-corrected chi connectivity index (χ0v) is 23.6. The number of aromatic hydroxyl groups is 1. The summed E-state index contributed by atoms with van der Waals surface area (Å²) in [5.41, 5.74) is -0.202. The van der Waals surface area contributed by atoms with Crippen LogP contribution in [0.2, 0.25) is 0 Å². The van der Waals surface area contributed by atoms with Gasteiger partial charge in [0.1, 0.15) is 26.0 Å². The summed E-state index contributed by atoms with van der Waals surface area (Å²) in [6.07, 6.45) is 0. The minimum absolute atomic E-state index is 0. The molecule has 0 saturated carbocycles. The molecule has 0 aliphatic rings. The molecule has 0 heterocycles. The fourth-order valence-electron chi connectivity index (χ4n) is 3.08. The molecule has 16 heteroatoms. The summed E-state index contributed by atoms with van der Waals surface area (Å²) in [4.78, 5) is 21.0. The van der Waals surface area contributed by atoms with Gasteiger partial charge in [0.25, 0.3) is 11.6 Å². The van der Waals surface area contributed by atoms with Gasteiger partial charge >= 0.3 is 59.1 Å². The first-order chi connectivity index (χ1) is 14.7. The topological polar surface area (TPSA) is 207 Å². The van der Waals surface area contributed by atoms with Crippen LogP contribution in [0.5, 0.6) is 5.75 Å². The second-order valence-electron chi connectivity index (χ2n) is 6.59. The van der Waals surface area contributed by atoms with Crippen LogP contribution in [0.1, 0.15) is 15.9 Å². The van der Waals surface area contributed by atoms with Crippen LogP contribution in [0.15, 0.2) is 52.3 Å². The maximum Gasteiger partial charge on any atom is 1.00 e. The maximum absolute atomic E-state index is 12.7. The van der Waals surface area contributed by atoms with Crippen LogP contribution in [0.3, 0.4) is 0 Å². The molecule has 0 aromatic heterocycles. The van der Waals surface area contributed by atoms with E-state index in [0.717, 1.165) is 24.3 Å². The number of phenols is 1. The molecule has 3 rings (SSSR count). The number of nitro benzene ring substituents is 1. The molecule has 168 valence electrons. The summed E-state index contributed by atoms with van der Waals surface area (Å²) in [6.45, 7) is 1.44. The fourth-order valence-corrected chi connectivity index (χ4v) is 4.27. The van der Waals surface area contributed by atoms with E-state index in [9.17, 15) is 46.0 Å². The maximum atomic E-state index is 12.7. The molecule has 3 aromatic carbocycles. The Morgan fingerprint density at radius 1 is 0.971 bits per heavy atom. The van der Waals surface area contributed by atoms with Crippen LogP contribution in [-0.2, 0) is 20.2 Å². The zero-order valence-electron chi connectivity index (χ0n) is 17.9. The van der Waals surface area contributed by atoms with Crippen molar-refractivity contribution in [1.29, 1.82) is 0 Å². The molecule has 0 spiro atoms. The van der Waals surface area contributed by atoms with Crippen LogP contribution in [-0.4, -0.2) is 41.9 Å². The Morgan fingerprint density at radius 3 is 2.09 bits per heavy atom. The first-order valence-electron chi connectivity index (χ1n) is 8.48. The van der Waals surface area contributed by atoms with Crippen molar-refractivity contribution in [2.45, 2.75) is 16.7 Å². The average molecular weight is 526 g/mol. The molecule has 0 aliphatic carbocycles. The van der Waals surface area contributed by atoms with Crippen molar-refractivity contribution in [3.8, 4) is 5.75 Å². The van der Waals surface area contributed by atoms with Gasteiger partial charge in [0.05, 0.1) is 20.4 Å². The average Bonchev–Trinajstić information content (AvgIpc) is 2.65. The predicted molar refractivity (Wildman–Crippen MR) is 107 cm³/mol. The largest absolute Gasteiger partial charge is 1.00 e. The number of fused-ring (bicyclic) bond motifs is 1. The minimum Gasteiger partial charge on any atom is -0.744 e. The molecule has 0 aliphatic heterocycles. The van der Waals surface area contributed by atoms with Crippen molar-refractivity contribution in [3.05, 3.63) is 63.7 Å². The van der Waals surface area contributed by atoms with Gasteiger partial charge in [-0.3, -0.25) is 14.9 Å². The number of hydrogen-bond acceptors (Lipinski definition) is 10. The molecule has 0 saturated heterocycles. The molecule has 0 bridgehead atoms. The standard InChI is InChI=1S/C18H14N2O10S2.2Na/c1-9-6-10(20(23)24)2-3-12(9)18(22)19-14-4-5-16(32(28,29)30)13-7-11(31(25,26)27)8-15(21)17(13)14;;/h2-8,21H,1H3,(H,19,22)(H,25,26,27)(H,28,29,30);;/q;2*+1/p-2. The normalized spacial score (nSPS) is 11.3. The van der Waals surface area contributed by atoms with Gasteiger partial charge < -0.3 is 19.5 Å². The van der Waals surface area contributed by atoms with Crippen LogP contribution in [0.4, 0.5) is 11.4 Å². The third kappa shape index (κ3) is 6.34. The SMILES string of the molecule is Cc1cc([N+](=O)[O-])ccc1C(=O)Nc1ccc(S(=O)(=O)[O-])c2cc(S(=O)(=O)[O-])cc(O)c12.[Na+].[Na+]. The first-order valence-corrected chi connectivity index (χ1v) is 11.3. The number of anilines is 1. The van der Waals surface area contributed by atoms with Crippen molar-refractivity contribution in [2.75, 3.05) is 5.32 Å². The smallest absolute Gasteiger partial charge is 0.744 e. The van der Waals surface area contributed by atoms with E-state index >= 15 is 0 Å². The predicted octanol–water partition coefficient (Wildman–Crippen LogP) is -4.17. The molecule has 1 amide bonds. The third-order valence-corrected chi connectivity index (χ3v) is 6.21. The summed E-state index contributed by atoms with van der Waals surface area (Å²) in [6, 6.07) is 6.37. The van der Waals surface area contributed by atoms with E-state index in [2.05, 4.69) is 5.32 Å². The number of carbonyl (C=O) groups is 1. The van der Waals surface area contributed by atoms with E-state index in [0.29, 0.717) is 12.1 Å². The number of nitrogens with zero attached hydrogens (tertiary/aromatic N) is 1. The Balaban J connectivity index is 0.00000289. The van der Waals surface area contributed by atoms with E-state index in [-0.39, 0.29) is 81.6 Å². The number of amides is 1. The van der Waals surface area contributed by atoms with E-state index < -0.39 is 57.4 Å². The fraction of sp³-hybridized carbons (Fsp3) is 0.0556. The van der Waals surface area contributed by atoms with E-state index in [4.69, 9.17) is 0 Å². The third-order valence-electron chi connectivity index (χ3n) is 4.50. The van der Waals surface area contributed by atoms with Crippen LogP contribution < -0.4 is 64.4 Å². The molecular weight excluding hydrogens is 514 g/mol. The van der Waals surface area contributed by atoms with Gasteiger partial charge in [-0.05, 0) is 42.8 Å². The van der Waals surface area contributed by atoms with Crippen molar-refractivity contribution in [3.63, 3.8) is 0 Å². The van der Waals surface area contributed by atoms with E-state index in [1.54, 1.807) is 0 Å². The van der Waals surface area contributed by atoms with Crippen molar-refractivity contribution >= 4 is 48.3 Å². The Kier molecular flexibility index (Phi) is 9.84. The molecular formula is C18H12N2Na2O10S2. The molecule has 0 unspecified atom stereocenters. The summed E-state index contributed by atoms with van der Waals surface area (Å²) in [5, 5.41) is 22.5. The van der Waals surface area contributed by atoms with Gasteiger partial charge in [0.15, 0.2) is 0 Å². The van der Waals surface area contributed by atoms with Gasteiger partial charge in [0.2, 0.25) is 0 Å². The molecule has 12 nitrogen and oxygen atoms in total. The number of benzene rings is 3. The summed E-state index contributed by atoms with van der Waals surface area (Å²) < 4.78 is 68.8. The van der Waals surface area contributed by atoms with Gasteiger partial charge in [0, 0.05) is 28.5 Å². The number of hydrogen-bond donors (Lipinski definition) is 2. The molecule has 34 heavy (non-hydrogen) atoms. The Morgan fingerprint density at radius 2 is 1.59 bits per heavy atom. The van der Waals surface area contributed by atoms with Gasteiger partial charge in [-0.15, -0.1) is 0 Å². The van der Waals surface area contributed by atoms with Crippen molar-refractivity contribution in [2.24, 2.45) is 0 Å². The Labute approximate surface area is 237 Å². The molecule has 0 fully saturated rings. The Hall–Kier alpha value is -1.59. The number of aryl methyl sites for hydroxylation is 1. The van der Waals surface area contributed by atoms with Crippen molar-refractivity contribution in [1.82, 2.24) is 0 Å². The number of nitrogens with one attached hydrogen (secondary N) is 1. The van der Waals surface area contributed by atoms with Crippen LogP contribution in [0.25, 0.3) is 10.8 Å². The molecule has 0 radical (unpaired) electrons. The Bertz CT molecular complexity index is 1520. The second kappa shape index (κ2) is 11.0. The number of nitro groups is 1. The first kappa shape index (κ1) is 30.4. The second-order valence-corrected chi connectivity index (χ2v) is 9.32. The van der Waals surface area contributed by atoms with Crippen molar-refractivity contribution < 1.29 is 99.9 Å². The van der Waals surface area contributed by atoms with Crippen LogP contribution >= 0.6 is 0 Å². The number of non-ortho nitro benzene ring substituents is 1. The quantitative estimate of drug-likeness (QED) is 0.142.